The van der Waals surface area contributed by atoms with Crippen molar-refractivity contribution in [2.45, 2.75) is 6.92 Å². The summed E-state index contributed by atoms with van der Waals surface area (Å²) < 4.78 is 14.2. The zero-order valence-corrected chi connectivity index (χ0v) is 20.8. The van der Waals surface area contributed by atoms with Crippen molar-refractivity contribution in [1.82, 2.24) is 19.9 Å². The second-order valence-electron chi connectivity index (χ2n) is 8.84. The lowest BCUT2D eigenvalue weighted by Gasteiger charge is -2.08. The molecule has 0 aliphatic heterocycles. The third-order valence-electron chi connectivity index (χ3n) is 6.73. The molecule has 2 heterocycles. The van der Waals surface area contributed by atoms with E-state index < -0.39 is 5.82 Å². The highest BCUT2D eigenvalue weighted by Gasteiger charge is 2.32. The van der Waals surface area contributed by atoms with Crippen LogP contribution in [0.2, 0.25) is 0 Å². The Bertz CT molecular complexity index is 2160. The number of aromatic nitrogens is 4. The Balaban J connectivity index is 1.68. The molecule has 40 heavy (non-hydrogen) atoms. The zero-order chi connectivity index (χ0) is 28.1. The standard InChI is InChI=1S/C31H13FN8/c1-3-5-19-18(4-2)26(15(11-33)12-34)30-28(19)37-22-9-25-23(10-24(22)39-30)38-29-20-7-6-17(32)8-21(20)27(31(29)40-25)16(13-35)14-36/h3-10H,2H2,1H3/b5-3-. The van der Waals surface area contributed by atoms with E-state index in [4.69, 9.17) is 19.9 Å². The van der Waals surface area contributed by atoms with Gasteiger partial charge in [0.25, 0.3) is 0 Å². The number of rotatable bonds is 2. The molecule has 6 rings (SSSR count). The summed E-state index contributed by atoms with van der Waals surface area (Å²) in [6.45, 7) is 5.72. The third kappa shape index (κ3) is 3.26. The highest BCUT2D eigenvalue weighted by molar-refractivity contribution is 6.08. The summed E-state index contributed by atoms with van der Waals surface area (Å²) >= 11 is 0. The number of hydrogen-bond donors (Lipinski definition) is 0. The molecule has 0 N–H and O–H groups in total. The van der Waals surface area contributed by atoms with Gasteiger partial charge in [-0.1, -0.05) is 24.8 Å². The van der Waals surface area contributed by atoms with Crippen LogP contribution in [0.1, 0.15) is 29.6 Å². The van der Waals surface area contributed by atoms with Crippen molar-refractivity contribution in [1.29, 1.82) is 21.0 Å². The summed E-state index contributed by atoms with van der Waals surface area (Å²) in [5, 5.41) is 38.5. The number of benzene rings is 2. The second-order valence-corrected chi connectivity index (χ2v) is 8.84. The van der Waals surface area contributed by atoms with Gasteiger partial charge in [0.05, 0.1) is 44.8 Å². The predicted octanol–water partition coefficient (Wildman–Crippen LogP) is 5.87. The Morgan fingerprint density at radius 2 is 1.23 bits per heavy atom. The summed E-state index contributed by atoms with van der Waals surface area (Å²) in [5.41, 5.74) is 5.93. The molecule has 0 bridgehead atoms. The molecule has 184 valence electrons. The van der Waals surface area contributed by atoms with Crippen molar-refractivity contribution >= 4 is 38.8 Å². The second kappa shape index (κ2) is 8.92. The van der Waals surface area contributed by atoms with Crippen LogP contribution in [0.3, 0.4) is 0 Å². The molecule has 0 saturated heterocycles. The van der Waals surface area contributed by atoms with Gasteiger partial charge in [-0.3, -0.25) is 0 Å². The average molecular weight is 516 g/mol. The van der Waals surface area contributed by atoms with Gasteiger partial charge in [-0.2, -0.15) is 21.0 Å². The highest BCUT2D eigenvalue weighted by atomic mass is 19.1. The number of allylic oxidation sites excluding steroid dienone is 8. The van der Waals surface area contributed by atoms with E-state index in [-0.39, 0.29) is 16.7 Å². The van der Waals surface area contributed by atoms with E-state index in [1.807, 2.05) is 43.4 Å². The van der Waals surface area contributed by atoms with Crippen LogP contribution in [0.15, 0.2) is 71.9 Å². The summed E-state index contributed by atoms with van der Waals surface area (Å²) in [5.74, 6) is -0.514. The molecule has 2 aromatic heterocycles. The fraction of sp³-hybridized carbons (Fsp3) is 0.0323. The summed E-state index contributed by atoms with van der Waals surface area (Å²) in [4.78, 5) is 19.1. The van der Waals surface area contributed by atoms with Gasteiger partial charge in [-0.25, -0.2) is 24.3 Å². The van der Waals surface area contributed by atoms with Gasteiger partial charge < -0.3 is 0 Å². The molecule has 2 aliphatic carbocycles. The Morgan fingerprint density at radius 3 is 1.77 bits per heavy atom. The number of nitriles is 4. The molecule has 0 amide bonds. The predicted molar refractivity (Wildman–Crippen MR) is 145 cm³/mol. The zero-order valence-electron chi connectivity index (χ0n) is 20.8. The lowest BCUT2D eigenvalue weighted by molar-refractivity contribution is 0.627. The molecule has 9 heteroatoms. The first-order valence-corrected chi connectivity index (χ1v) is 11.9. The molecular formula is C31H13FN8. The fourth-order valence-corrected chi connectivity index (χ4v) is 5.11. The molecule has 2 aliphatic rings. The van der Waals surface area contributed by atoms with Crippen molar-refractivity contribution in [3.05, 3.63) is 100 Å². The van der Waals surface area contributed by atoms with Gasteiger partial charge in [-0.15, -0.1) is 0 Å². The van der Waals surface area contributed by atoms with Crippen LogP contribution in [-0.4, -0.2) is 19.9 Å². The fourth-order valence-electron chi connectivity index (χ4n) is 5.11. The topological polar surface area (TPSA) is 147 Å². The summed E-state index contributed by atoms with van der Waals surface area (Å²) in [6, 6.07) is 15.2. The van der Waals surface area contributed by atoms with Crippen LogP contribution in [0.25, 0.3) is 50.0 Å². The maximum Gasteiger partial charge on any atom is 0.139 e. The van der Waals surface area contributed by atoms with E-state index in [1.54, 1.807) is 24.3 Å². The maximum absolute atomic E-state index is 14.2. The van der Waals surface area contributed by atoms with Crippen LogP contribution in [0, 0.1) is 51.1 Å². The summed E-state index contributed by atoms with van der Waals surface area (Å²) in [6.07, 6.45) is 5.22. The van der Waals surface area contributed by atoms with E-state index >= 15 is 0 Å². The van der Waals surface area contributed by atoms with Crippen LogP contribution >= 0.6 is 0 Å². The smallest absolute Gasteiger partial charge is 0.139 e. The van der Waals surface area contributed by atoms with Gasteiger partial charge in [0.2, 0.25) is 0 Å². The van der Waals surface area contributed by atoms with E-state index in [1.165, 1.54) is 12.1 Å². The minimum absolute atomic E-state index is 0.100. The van der Waals surface area contributed by atoms with Gasteiger partial charge >= 0.3 is 0 Å². The molecular weight excluding hydrogens is 503 g/mol. The van der Waals surface area contributed by atoms with Gasteiger partial charge in [0, 0.05) is 22.3 Å². The van der Waals surface area contributed by atoms with Crippen LogP contribution in [0.4, 0.5) is 4.39 Å². The molecule has 0 spiro atoms. The minimum Gasteiger partial charge on any atom is -0.244 e. The largest absolute Gasteiger partial charge is 0.244 e. The SMILES string of the molecule is C=CC1=C(/C=C\C)c2nc3cc4nc5c(nc4cc3nc2C1=C(C#N)C#N)-c1ccc(F)cc1C5=C(C#N)C#N. The highest BCUT2D eigenvalue weighted by Crippen LogP contribution is 2.46. The van der Waals surface area contributed by atoms with Crippen molar-refractivity contribution in [3.63, 3.8) is 0 Å². The third-order valence-corrected chi connectivity index (χ3v) is 6.73. The average Bonchev–Trinajstić information content (AvgIpc) is 3.42. The molecule has 4 aromatic rings. The Hall–Kier alpha value is -6.29. The van der Waals surface area contributed by atoms with Crippen molar-refractivity contribution in [2.75, 3.05) is 0 Å². The van der Waals surface area contributed by atoms with Crippen molar-refractivity contribution in [2.24, 2.45) is 0 Å². The molecule has 0 atom stereocenters. The van der Waals surface area contributed by atoms with Crippen LogP contribution < -0.4 is 0 Å². The van der Waals surface area contributed by atoms with E-state index in [0.717, 1.165) is 0 Å². The van der Waals surface area contributed by atoms with Gasteiger partial charge in [0.1, 0.15) is 41.2 Å². The van der Waals surface area contributed by atoms with E-state index in [2.05, 4.69) is 6.58 Å². The lowest BCUT2D eigenvalue weighted by atomic mass is 10.0. The molecule has 0 radical (unpaired) electrons. The van der Waals surface area contributed by atoms with Crippen LogP contribution in [-0.2, 0) is 0 Å². The first kappa shape index (κ1) is 24.1. The Kier molecular flexibility index (Phi) is 5.37. The molecule has 0 saturated carbocycles. The number of hydrogen-bond acceptors (Lipinski definition) is 8. The normalized spacial score (nSPS) is 12.9. The number of halogens is 1. The molecule has 0 fully saturated rings. The first-order chi connectivity index (χ1) is 19.5. The summed E-state index contributed by atoms with van der Waals surface area (Å²) in [7, 11) is 0. The maximum atomic E-state index is 14.2. The van der Waals surface area contributed by atoms with Gasteiger partial charge in [-0.05, 0) is 48.4 Å². The molecule has 0 unspecified atom stereocenters. The number of fused-ring (bicyclic) bond motifs is 6. The molecule has 8 nitrogen and oxygen atoms in total. The van der Waals surface area contributed by atoms with Crippen molar-refractivity contribution in [3.8, 4) is 35.5 Å². The Morgan fingerprint density at radius 1 is 0.700 bits per heavy atom. The quantitative estimate of drug-likeness (QED) is 0.209. The minimum atomic E-state index is -0.514. The lowest BCUT2D eigenvalue weighted by Crippen LogP contribution is -1.99. The number of nitrogens with zero attached hydrogens (tertiary/aromatic N) is 8. The van der Waals surface area contributed by atoms with Gasteiger partial charge in [0.15, 0.2) is 0 Å². The first-order valence-electron chi connectivity index (χ1n) is 11.9. The molecule has 2 aromatic carbocycles. The van der Waals surface area contributed by atoms with Crippen LogP contribution in [0.5, 0.6) is 0 Å². The van der Waals surface area contributed by atoms with E-state index in [0.29, 0.717) is 72.7 Å². The van der Waals surface area contributed by atoms with Crippen molar-refractivity contribution < 1.29 is 4.39 Å². The van der Waals surface area contributed by atoms with E-state index in [9.17, 15) is 25.4 Å². The Labute approximate surface area is 226 Å². The monoisotopic (exact) mass is 516 g/mol.